The Balaban J connectivity index is 1.46. The molecule has 4 aromatic rings. The molecule has 0 radical (unpaired) electrons. The van der Waals surface area contributed by atoms with Gasteiger partial charge in [0, 0.05) is 31.0 Å². The van der Waals surface area contributed by atoms with Crippen molar-refractivity contribution in [2.75, 3.05) is 11.9 Å². The molecule has 0 aliphatic carbocycles. The predicted molar refractivity (Wildman–Crippen MR) is 151 cm³/mol. The van der Waals surface area contributed by atoms with E-state index in [9.17, 15) is 19.5 Å². The summed E-state index contributed by atoms with van der Waals surface area (Å²) in [4.78, 5) is 48.1. The zero-order valence-electron chi connectivity index (χ0n) is 23.1. The number of carbonyl (C=O) groups excluding carboxylic acids is 1. The van der Waals surface area contributed by atoms with Crippen molar-refractivity contribution in [3.8, 4) is 5.69 Å². The molecule has 11 nitrogen and oxygen atoms in total. The first-order valence-corrected chi connectivity index (χ1v) is 13.1. The molecule has 5 rings (SSSR count). The number of carboxylic acids is 1. The van der Waals surface area contributed by atoms with Crippen LogP contribution in [0.5, 0.6) is 0 Å². The number of rotatable bonds is 5. The molecule has 2 N–H and O–H groups in total. The Morgan fingerprint density at radius 1 is 1.10 bits per heavy atom. The fraction of sp³-hybridized carbons (Fsp3) is 0.345. The minimum absolute atomic E-state index is 0.105. The molecule has 1 aliphatic rings. The lowest BCUT2D eigenvalue weighted by molar-refractivity contribution is 0.0224. The number of nitrogens with zero attached hydrogens (tertiary/aromatic N) is 5. The number of hydrogen-bond donors (Lipinski definition) is 2. The van der Waals surface area contributed by atoms with Gasteiger partial charge in [0.25, 0.3) is 5.56 Å². The second kappa shape index (κ2) is 10.1. The van der Waals surface area contributed by atoms with Crippen molar-refractivity contribution in [3.63, 3.8) is 0 Å². The van der Waals surface area contributed by atoms with Crippen molar-refractivity contribution in [1.29, 1.82) is 0 Å². The quantitative estimate of drug-likeness (QED) is 0.363. The minimum atomic E-state index is -1.06. The number of anilines is 2. The summed E-state index contributed by atoms with van der Waals surface area (Å²) in [5, 5.41) is 13.1. The minimum Gasteiger partial charge on any atom is -0.478 e. The van der Waals surface area contributed by atoms with E-state index in [4.69, 9.17) is 4.74 Å². The number of ether oxygens (including phenoxy) is 1. The number of nitrogens with one attached hydrogen (secondary N) is 1. The van der Waals surface area contributed by atoms with Crippen LogP contribution >= 0.6 is 0 Å². The lowest BCUT2D eigenvalue weighted by atomic mass is 9.99. The molecule has 2 aromatic heterocycles. The summed E-state index contributed by atoms with van der Waals surface area (Å²) in [5.41, 5.74) is 3.09. The lowest BCUT2D eigenvalue weighted by Crippen LogP contribution is -2.39. The zero-order valence-corrected chi connectivity index (χ0v) is 23.1. The third-order valence-corrected chi connectivity index (χ3v) is 6.58. The van der Waals surface area contributed by atoms with Gasteiger partial charge in [-0.25, -0.2) is 23.9 Å². The SMILES string of the molecule is CC(C)n1c(=O)c2cnc(Nc3ccc4c(c3)CCN(C(=O)OC(C)(C)C)C4)nc2n1-c1cccc(C(=O)O)c1. The van der Waals surface area contributed by atoms with Gasteiger partial charge in [-0.15, -0.1) is 0 Å². The van der Waals surface area contributed by atoms with Crippen LogP contribution in [0, 0.1) is 0 Å². The van der Waals surface area contributed by atoms with Gasteiger partial charge < -0.3 is 20.1 Å². The van der Waals surface area contributed by atoms with E-state index < -0.39 is 11.6 Å². The first-order valence-electron chi connectivity index (χ1n) is 13.1. The van der Waals surface area contributed by atoms with Crippen molar-refractivity contribution >= 4 is 34.7 Å². The number of aromatic nitrogens is 4. The highest BCUT2D eigenvalue weighted by atomic mass is 16.6. The second-order valence-electron chi connectivity index (χ2n) is 11.1. The maximum absolute atomic E-state index is 13.3. The van der Waals surface area contributed by atoms with Crippen LogP contribution in [0.4, 0.5) is 16.4 Å². The highest BCUT2D eigenvalue weighted by molar-refractivity contribution is 5.88. The molecule has 0 spiro atoms. The van der Waals surface area contributed by atoms with Crippen molar-refractivity contribution in [2.24, 2.45) is 0 Å². The number of carbonyl (C=O) groups is 2. The van der Waals surface area contributed by atoms with Crippen molar-refractivity contribution in [1.82, 2.24) is 24.2 Å². The predicted octanol–water partition coefficient (Wildman–Crippen LogP) is 4.90. The van der Waals surface area contributed by atoms with E-state index in [1.165, 1.54) is 18.3 Å². The molecule has 0 saturated heterocycles. The van der Waals surface area contributed by atoms with Gasteiger partial charge in [-0.1, -0.05) is 12.1 Å². The summed E-state index contributed by atoms with van der Waals surface area (Å²) < 4.78 is 8.70. The van der Waals surface area contributed by atoms with Gasteiger partial charge in [0.05, 0.1) is 11.3 Å². The van der Waals surface area contributed by atoms with Crippen LogP contribution in [-0.2, 0) is 17.7 Å². The van der Waals surface area contributed by atoms with Crippen LogP contribution < -0.4 is 10.9 Å². The van der Waals surface area contributed by atoms with Gasteiger partial charge in [-0.2, -0.15) is 4.98 Å². The van der Waals surface area contributed by atoms with E-state index in [0.717, 1.165) is 16.8 Å². The highest BCUT2D eigenvalue weighted by Crippen LogP contribution is 2.26. The summed E-state index contributed by atoms with van der Waals surface area (Å²) in [6.07, 6.45) is 1.84. The monoisotopic (exact) mass is 544 g/mol. The van der Waals surface area contributed by atoms with Crippen LogP contribution in [0.2, 0.25) is 0 Å². The van der Waals surface area contributed by atoms with Gasteiger partial charge >= 0.3 is 12.1 Å². The van der Waals surface area contributed by atoms with Gasteiger partial charge in [0.2, 0.25) is 5.95 Å². The molecule has 208 valence electrons. The molecule has 3 heterocycles. The number of carboxylic acid groups (broad SMARTS) is 1. The van der Waals surface area contributed by atoms with Crippen LogP contribution in [0.1, 0.15) is 62.1 Å². The van der Waals surface area contributed by atoms with E-state index in [1.807, 2.05) is 52.8 Å². The molecule has 0 fully saturated rings. The lowest BCUT2D eigenvalue weighted by Gasteiger charge is -2.31. The molecule has 1 aliphatic heterocycles. The smallest absolute Gasteiger partial charge is 0.410 e. The van der Waals surface area contributed by atoms with Crippen LogP contribution in [0.3, 0.4) is 0 Å². The number of amides is 1. The van der Waals surface area contributed by atoms with Gasteiger partial charge in [-0.3, -0.25) is 4.79 Å². The third kappa shape index (κ3) is 5.27. The highest BCUT2D eigenvalue weighted by Gasteiger charge is 2.26. The fourth-order valence-electron chi connectivity index (χ4n) is 4.79. The Morgan fingerprint density at radius 3 is 2.58 bits per heavy atom. The standard InChI is InChI=1S/C29H32N6O5/c1-17(2)34-25(36)23-15-30-27(32-24(23)35(34)22-8-6-7-19(14-22)26(37)38)31-21-10-9-20-16-33(12-11-18(20)13-21)28(39)40-29(3,4)5/h6-10,13-15,17H,11-12,16H2,1-5H3,(H,37,38)(H,30,31,32). The van der Waals surface area contributed by atoms with Crippen LogP contribution in [0.25, 0.3) is 16.7 Å². The zero-order chi connectivity index (χ0) is 28.8. The van der Waals surface area contributed by atoms with E-state index >= 15 is 0 Å². The van der Waals surface area contributed by atoms with Crippen molar-refractivity contribution in [3.05, 3.63) is 75.7 Å². The Hall–Kier alpha value is -4.67. The van der Waals surface area contributed by atoms with Crippen LogP contribution in [0.15, 0.2) is 53.5 Å². The molecule has 0 atom stereocenters. The first-order chi connectivity index (χ1) is 18.9. The fourth-order valence-corrected chi connectivity index (χ4v) is 4.79. The Kier molecular flexibility index (Phi) is 6.82. The van der Waals surface area contributed by atoms with Crippen molar-refractivity contribution < 1.29 is 19.4 Å². The maximum atomic E-state index is 13.3. The van der Waals surface area contributed by atoms with E-state index in [0.29, 0.717) is 42.2 Å². The number of aromatic carboxylic acids is 1. The molecular formula is C29H32N6O5. The topological polar surface area (TPSA) is 132 Å². The van der Waals surface area contributed by atoms with Gasteiger partial charge in [0.1, 0.15) is 11.0 Å². The Bertz CT molecular complexity index is 1680. The van der Waals surface area contributed by atoms with Gasteiger partial charge in [-0.05, 0) is 82.5 Å². The molecule has 11 heteroatoms. The average molecular weight is 545 g/mol. The second-order valence-corrected chi connectivity index (χ2v) is 11.1. The van der Waals surface area contributed by atoms with E-state index in [2.05, 4.69) is 15.3 Å². The third-order valence-electron chi connectivity index (χ3n) is 6.58. The van der Waals surface area contributed by atoms with E-state index in [1.54, 1.807) is 26.4 Å². The summed E-state index contributed by atoms with van der Waals surface area (Å²) in [5.74, 6) is -0.766. The molecule has 2 aromatic carbocycles. The van der Waals surface area contributed by atoms with Crippen LogP contribution in [-0.4, -0.2) is 53.5 Å². The molecule has 1 amide bonds. The first kappa shape index (κ1) is 26.9. The number of benzene rings is 2. The van der Waals surface area contributed by atoms with Crippen molar-refractivity contribution in [2.45, 2.75) is 59.2 Å². The summed E-state index contributed by atoms with van der Waals surface area (Å²) in [6, 6.07) is 12.0. The summed E-state index contributed by atoms with van der Waals surface area (Å²) in [7, 11) is 0. The molecular weight excluding hydrogens is 512 g/mol. The Morgan fingerprint density at radius 2 is 1.88 bits per heavy atom. The Labute approximate surface area is 231 Å². The molecule has 0 bridgehead atoms. The molecule has 40 heavy (non-hydrogen) atoms. The number of hydrogen-bond acceptors (Lipinski definition) is 7. The number of fused-ring (bicyclic) bond motifs is 2. The summed E-state index contributed by atoms with van der Waals surface area (Å²) in [6.45, 7) is 10.3. The van der Waals surface area contributed by atoms with E-state index in [-0.39, 0.29) is 23.3 Å². The van der Waals surface area contributed by atoms with Gasteiger partial charge in [0.15, 0.2) is 5.65 Å². The normalized spacial score (nSPS) is 13.4. The summed E-state index contributed by atoms with van der Waals surface area (Å²) >= 11 is 0. The maximum Gasteiger partial charge on any atom is 0.410 e. The molecule has 0 saturated carbocycles. The molecule has 0 unspecified atom stereocenters. The largest absolute Gasteiger partial charge is 0.478 e. The average Bonchev–Trinajstić information content (AvgIpc) is 3.19.